The highest BCUT2D eigenvalue weighted by Gasteiger charge is 2.30. The van der Waals surface area contributed by atoms with Crippen LogP contribution in [0.3, 0.4) is 0 Å². The van der Waals surface area contributed by atoms with Crippen LogP contribution in [0.15, 0.2) is 18.2 Å². The van der Waals surface area contributed by atoms with Gasteiger partial charge in [0, 0.05) is 11.6 Å². The molecule has 1 unspecified atom stereocenters. The highest BCUT2D eigenvalue weighted by Crippen LogP contribution is 2.32. The lowest BCUT2D eigenvalue weighted by atomic mass is 10.2. The van der Waals surface area contributed by atoms with Crippen molar-refractivity contribution in [3.8, 4) is 0 Å². The van der Waals surface area contributed by atoms with Gasteiger partial charge in [0.15, 0.2) is 0 Å². The van der Waals surface area contributed by atoms with Gasteiger partial charge >= 0.3 is 0 Å². The van der Waals surface area contributed by atoms with Gasteiger partial charge in [-0.2, -0.15) is 0 Å². The lowest BCUT2D eigenvalue weighted by Gasteiger charge is -2.25. The second-order valence-electron chi connectivity index (χ2n) is 3.96. The molecule has 1 aromatic rings. The van der Waals surface area contributed by atoms with E-state index in [0.717, 1.165) is 25.1 Å². The maximum Gasteiger partial charge on any atom is 0.240 e. The number of primary amides is 1. The molecule has 1 aliphatic rings. The van der Waals surface area contributed by atoms with Crippen LogP contribution in [-0.2, 0) is 4.79 Å². The lowest BCUT2D eigenvalue weighted by molar-refractivity contribution is -0.119. The zero-order valence-corrected chi connectivity index (χ0v) is 9.57. The van der Waals surface area contributed by atoms with Crippen molar-refractivity contribution < 1.29 is 4.79 Å². The Morgan fingerprint density at radius 2 is 2.25 bits per heavy atom. The Morgan fingerprint density at radius 3 is 2.94 bits per heavy atom. The van der Waals surface area contributed by atoms with Crippen LogP contribution in [0, 0.1) is 0 Å². The molecule has 4 N–H and O–H groups in total. The summed E-state index contributed by atoms with van der Waals surface area (Å²) in [6, 6.07) is 4.99. The molecule has 0 aliphatic carbocycles. The fraction of sp³-hybridized carbons (Fsp3) is 0.364. The maximum absolute atomic E-state index is 11.3. The van der Waals surface area contributed by atoms with Crippen LogP contribution >= 0.6 is 11.6 Å². The standard InChI is InChI=1S/C11H14ClN3O/c12-7-3-4-8(13)10(6-7)15-5-1-2-9(15)11(14)16/h3-4,6,9H,1-2,5,13H2,(H2,14,16). The zero-order chi connectivity index (χ0) is 11.7. The van der Waals surface area contributed by atoms with Gasteiger partial charge in [0.05, 0.1) is 11.4 Å². The van der Waals surface area contributed by atoms with Crippen LogP contribution in [0.2, 0.25) is 5.02 Å². The third kappa shape index (κ3) is 1.93. The van der Waals surface area contributed by atoms with Gasteiger partial charge in [0.1, 0.15) is 6.04 Å². The molecule has 1 heterocycles. The molecular weight excluding hydrogens is 226 g/mol. The van der Waals surface area contributed by atoms with Crippen LogP contribution in [0.5, 0.6) is 0 Å². The number of benzene rings is 1. The number of nitrogen functional groups attached to an aromatic ring is 1. The molecule has 0 aromatic heterocycles. The van der Waals surface area contributed by atoms with Gasteiger partial charge in [-0.1, -0.05) is 11.6 Å². The van der Waals surface area contributed by atoms with Gasteiger partial charge in [-0.25, -0.2) is 0 Å². The molecule has 1 fully saturated rings. The van der Waals surface area contributed by atoms with Crippen molar-refractivity contribution in [2.24, 2.45) is 5.73 Å². The van der Waals surface area contributed by atoms with E-state index in [-0.39, 0.29) is 11.9 Å². The largest absolute Gasteiger partial charge is 0.397 e. The van der Waals surface area contributed by atoms with E-state index in [9.17, 15) is 4.79 Å². The molecule has 0 bridgehead atoms. The summed E-state index contributed by atoms with van der Waals surface area (Å²) in [7, 11) is 0. The predicted octanol–water partition coefficient (Wildman–Crippen LogP) is 1.38. The molecule has 16 heavy (non-hydrogen) atoms. The molecule has 5 heteroatoms. The van der Waals surface area contributed by atoms with Gasteiger partial charge in [0.2, 0.25) is 5.91 Å². The Hall–Kier alpha value is -1.42. The Bertz CT molecular complexity index is 422. The number of amides is 1. The number of carbonyl (C=O) groups excluding carboxylic acids is 1. The van der Waals surface area contributed by atoms with E-state index in [2.05, 4.69) is 0 Å². The minimum absolute atomic E-state index is 0.263. The third-order valence-electron chi connectivity index (χ3n) is 2.88. The summed E-state index contributed by atoms with van der Waals surface area (Å²) < 4.78 is 0. The van der Waals surface area contributed by atoms with E-state index in [1.807, 2.05) is 4.90 Å². The van der Waals surface area contributed by atoms with Crippen molar-refractivity contribution in [3.05, 3.63) is 23.2 Å². The van der Waals surface area contributed by atoms with E-state index >= 15 is 0 Å². The number of halogens is 1. The van der Waals surface area contributed by atoms with Gasteiger partial charge in [-0.3, -0.25) is 4.79 Å². The summed E-state index contributed by atoms with van der Waals surface area (Å²) in [6.07, 6.45) is 1.72. The first kappa shape index (κ1) is 11.1. The smallest absolute Gasteiger partial charge is 0.240 e. The topological polar surface area (TPSA) is 72.4 Å². The van der Waals surface area contributed by atoms with Gasteiger partial charge in [-0.15, -0.1) is 0 Å². The average Bonchev–Trinajstić information content (AvgIpc) is 2.70. The molecular formula is C11H14ClN3O. The summed E-state index contributed by atoms with van der Waals surface area (Å²) in [5.41, 5.74) is 12.7. The summed E-state index contributed by atoms with van der Waals surface area (Å²) >= 11 is 5.92. The van der Waals surface area contributed by atoms with Crippen molar-refractivity contribution in [2.75, 3.05) is 17.2 Å². The van der Waals surface area contributed by atoms with E-state index in [1.165, 1.54) is 0 Å². The molecule has 1 aliphatic heterocycles. The van der Waals surface area contributed by atoms with Crippen molar-refractivity contribution in [1.29, 1.82) is 0 Å². The molecule has 0 radical (unpaired) electrons. The minimum atomic E-state index is -0.308. The zero-order valence-electron chi connectivity index (χ0n) is 8.82. The lowest BCUT2D eigenvalue weighted by Crippen LogP contribution is -2.40. The highest BCUT2D eigenvalue weighted by molar-refractivity contribution is 6.31. The first-order chi connectivity index (χ1) is 7.59. The number of hydrogen-bond donors (Lipinski definition) is 2. The van der Waals surface area contributed by atoms with Crippen molar-refractivity contribution in [1.82, 2.24) is 0 Å². The van der Waals surface area contributed by atoms with Crippen LogP contribution in [0.4, 0.5) is 11.4 Å². The highest BCUT2D eigenvalue weighted by atomic mass is 35.5. The van der Waals surface area contributed by atoms with Crippen LogP contribution < -0.4 is 16.4 Å². The summed E-state index contributed by atoms with van der Waals surface area (Å²) in [6.45, 7) is 0.790. The summed E-state index contributed by atoms with van der Waals surface area (Å²) in [5.74, 6) is -0.308. The number of rotatable bonds is 2. The first-order valence-corrected chi connectivity index (χ1v) is 5.58. The SMILES string of the molecule is NC(=O)C1CCCN1c1cc(Cl)ccc1N. The van der Waals surface area contributed by atoms with Gasteiger partial charge in [-0.05, 0) is 31.0 Å². The monoisotopic (exact) mass is 239 g/mol. The van der Waals surface area contributed by atoms with Crippen LogP contribution in [-0.4, -0.2) is 18.5 Å². The van der Waals surface area contributed by atoms with Crippen molar-refractivity contribution >= 4 is 28.9 Å². The number of anilines is 2. The quantitative estimate of drug-likeness (QED) is 0.766. The molecule has 1 amide bonds. The van der Waals surface area contributed by atoms with E-state index < -0.39 is 0 Å². The Morgan fingerprint density at radius 1 is 1.50 bits per heavy atom. The predicted molar refractivity (Wildman–Crippen MR) is 65.4 cm³/mol. The average molecular weight is 240 g/mol. The molecule has 1 aromatic carbocycles. The number of carbonyl (C=O) groups is 1. The second-order valence-corrected chi connectivity index (χ2v) is 4.39. The van der Waals surface area contributed by atoms with E-state index in [1.54, 1.807) is 18.2 Å². The minimum Gasteiger partial charge on any atom is -0.397 e. The second kappa shape index (κ2) is 4.22. The molecule has 0 spiro atoms. The number of nitrogens with two attached hydrogens (primary N) is 2. The van der Waals surface area contributed by atoms with Gasteiger partial charge in [0.25, 0.3) is 0 Å². The molecule has 1 atom stereocenters. The van der Waals surface area contributed by atoms with Crippen molar-refractivity contribution in [3.63, 3.8) is 0 Å². The maximum atomic E-state index is 11.3. The fourth-order valence-corrected chi connectivity index (χ4v) is 2.28. The Balaban J connectivity index is 2.35. The number of nitrogens with zero attached hydrogens (tertiary/aromatic N) is 1. The Labute approximate surface area is 99.2 Å². The third-order valence-corrected chi connectivity index (χ3v) is 3.12. The fourth-order valence-electron chi connectivity index (χ4n) is 2.12. The molecule has 0 saturated carbocycles. The summed E-state index contributed by atoms with van der Waals surface area (Å²) in [4.78, 5) is 13.2. The molecule has 4 nitrogen and oxygen atoms in total. The van der Waals surface area contributed by atoms with Gasteiger partial charge < -0.3 is 16.4 Å². The first-order valence-electron chi connectivity index (χ1n) is 5.20. The van der Waals surface area contributed by atoms with E-state index in [0.29, 0.717) is 10.7 Å². The molecule has 86 valence electrons. The Kier molecular flexibility index (Phi) is 2.92. The van der Waals surface area contributed by atoms with Crippen LogP contribution in [0.1, 0.15) is 12.8 Å². The molecule has 1 saturated heterocycles. The normalized spacial score (nSPS) is 20.1. The van der Waals surface area contributed by atoms with E-state index in [4.69, 9.17) is 23.1 Å². The van der Waals surface area contributed by atoms with Crippen LogP contribution in [0.25, 0.3) is 0 Å². The molecule has 2 rings (SSSR count). The summed E-state index contributed by atoms with van der Waals surface area (Å²) in [5, 5.41) is 0.610. The van der Waals surface area contributed by atoms with Crippen molar-refractivity contribution in [2.45, 2.75) is 18.9 Å². The number of hydrogen-bond acceptors (Lipinski definition) is 3.